The van der Waals surface area contributed by atoms with Crippen LogP contribution < -0.4 is 0 Å². The zero-order valence-corrected chi connectivity index (χ0v) is 19.7. The van der Waals surface area contributed by atoms with Crippen molar-refractivity contribution in [2.75, 3.05) is 13.7 Å². The summed E-state index contributed by atoms with van der Waals surface area (Å²) in [5, 5.41) is 11.3. The molecule has 0 fully saturated rings. The molecule has 0 aliphatic carbocycles. The van der Waals surface area contributed by atoms with Crippen LogP contribution in [-0.4, -0.2) is 41.6 Å². The predicted octanol–water partition coefficient (Wildman–Crippen LogP) is 5.77. The zero-order chi connectivity index (χ0) is 22.6. The third kappa shape index (κ3) is 8.46. The molecule has 0 radical (unpaired) electrons. The number of benzene rings is 1. The van der Waals surface area contributed by atoms with Crippen LogP contribution in [0.1, 0.15) is 62.8 Å². The standard InChI is InChI=1S/C25H35NO4S/c1-4-6-7-8-9-10-24(27)26(3)17-22-16-21(18-31-22)20-13-11-19(12-14-20)15-23(25(28)29)30-5-2/h11-14,16,18,23H,4-10,15,17H2,1-3H3,(H,28,29). The summed E-state index contributed by atoms with van der Waals surface area (Å²) < 4.78 is 5.29. The second-order valence-corrected chi connectivity index (χ2v) is 8.89. The molecule has 2 rings (SSSR count). The van der Waals surface area contributed by atoms with Crippen LogP contribution in [0.5, 0.6) is 0 Å². The van der Waals surface area contributed by atoms with Gasteiger partial charge >= 0.3 is 5.97 Å². The Bertz CT molecular complexity index is 815. The van der Waals surface area contributed by atoms with E-state index in [-0.39, 0.29) is 5.91 Å². The monoisotopic (exact) mass is 445 g/mol. The van der Waals surface area contributed by atoms with E-state index in [4.69, 9.17) is 4.74 Å². The van der Waals surface area contributed by atoms with E-state index >= 15 is 0 Å². The second-order valence-electron chi connectivity index (χ2n) is 7.90. The number of ether oxygens (including phenoxy) is 1. The zero-order valence-electron chi connectivity index (χ0n) is 18.9. The first kappa shape index (κ1) is 25.1. The van der Waals surface area contributed by atoms with E-state index in [1.54, 1.807) is 18.3 Å². The fourth-order valence-corrected chi connectivity index (χ4v) is 4.42. The molecule has 6 heteroatoms. The summed E-state index contributed by atoms with van der Waals surface area (Å²) in [5.41, 5.74) is 3.13. The van der Waals surface area contributed by atoms with Gasteiger partial charge in [0.05, 0.1) is 6.54 Å². The van der Waals surface area contributed by atoms with Gasteiger partial charge in [-0.2, -0.15) is 0 Å². The minimum Gasteiger partial charge on any atom is -0.479 e. The van der Waals surface area contributed by atoms with Gasteiger partial charge in [0.25, 0.3) is 0 Å². The SMILES string of the molecule is CCCCCCCC(=O)N(C)Cc1cc(-c2ccc(CC(OCC)C(=O)O)cc2)cs1. The molecule has 1 amide bonds. The highest BCUT2D eigenvalue weighted by atomic mass is 32.1. The molecule has 0 aliphatic rings. The van der Waals surface area contributed by atoms with Gasteiger partial charge in [-0.25, -0.2) is 4.79 Å². The molecule has 1 aromatic heterocycles. The number of aliphatic carboxylic acids is 1. The summed E-state index contributed by atoms with van der Waals surface area (Å²) >= 11 is 1.66. The van der Waals surface area contributed by atoms with Gasteiger partial charge < -0.3 is 14.7 Å². The van der Waals surface area contributed by atoms with Crippen molar-refractivity contribution >= 4 is 23.2 Å². The lowest BCUT2D eigenvalue weighted by atomic mass is 10.0. The summed E-state index contributed by atoms with van der Waals surface area (Å²) in [4.78, 5) is 26.6. The highest BCUT2D eigenvalue weighted by Gasteiger charge is 2.18. The molecule has 5 nitrogen and oxygen atoms in total. The summed E-state index contributed by atoms with van der Waals surface area (Å²) in [5.74, 6) is -0.730. The topological polar surface area (TPSA) is 66.8 Å². The molecule has 1 unspecified atom stereocenters. The molecule has 1 aromatic carbocycles. The Morgan fingerprint density at radius 2 is 1.77 bits per heavy atom. The molecule has 1 N–H and O–H groups in total. The van der Waals surface area contributed by atoms with E-state index in [2.05, 4.69) is 18.4 Å². The van der Waals surface area contributed by atoms with Crippen LogP contribution in [0.2, 0.25) is 0 Å². The maximum absolute atomic E-state index is 12.4. The molecule has 1 heterocycles. The van der Waals surface area contributed by atoms with Crippen molar-refractivity contribution in [1.82, 2.24) is 4.90 Å². The van der Waals surface area contributed by atoms with Crippen LogP contribution in [0.15, 0.2) is 35.7 Å². The first-order valence-electron chi connectivity index (χ1n) is 11.2. The number of nitrogens with zero attached hydrogens (tertiary/aromatic N) is 1. The van der Waals surface area contributed by atoms with Crippen molar-refractivity contribution < 1.29 is 19.4 Å². The summed E-state index contributed by atoms with van der Waals surface area (Å²) in [6.45, 7) is 5.00. The molecular formula is C25H35NO4S. The van der Waals surface area contributed by atoms with Crippen molar-refractivity contribution in [1.29, 1.82) is 0 Å². The van der Waals surface area contributed by atoms with Crippen molar-refractivity contribution in [3.05, 3.63) is 46.2 Å². The Labute approximate surface area is 190 Å². The quantitative estimate of drug-likeness (QED) is 0.375. The third-order valence-corrected chi connectivity index (χ3v) is 6.24. The van der Waals surface area contributed by atoms with Gasteiger partial charge in [0.2, 0.25) is 5.91 Å². The van der Waals surface area contributed by atoms with E-state index in [9.17, 15) is 14.7 Å². The molecule has 2 aromatic rings. The lowest BCUT2D eigenvalue weighted by Gasteiger charge is -2.16. The molecule has 0 spiro atoms. The number of amides is 1. The Kier molecular flexibility index (Phi) is 10.7. The van der Waals surface area contributed by atoms with Gasteiger partial charge in [-0.15, -0.1) is 11.3 Å². The average Bonchev–Trinajstić information content (AvgIpc) is 3.22. The molecule has 31 heavy (non-hydrogen) atoms. The van der Waals surface area contributed by atoms with Crippen molar-refractivity contribution in [2.24, 2.45) is 0 Å². The highest BCUT2D eigenvalue weighted by molar-refractivity contribution is 7.10. The van der Waals surface area contributed by atoms with Gasteiger partial charge in [0.15, 0.2) is 6.10 Å². The normalized spacial score (nSPS) is 12.0. The third-order valence-electron chi connectivity index (χ3n) is 5.32. The maximum Gasteiger partial charge on any atom is 0.333 e. The minimum atomic E-state index is -0.937. The Morgan fingerprint density at radius 1 is 1.06 bits per heavy atom. The van der Waals surface area contributed by atoms with E-state index in [0.29, 0.717) is 26.0 Å². The van der Waals surface area contributed by atoms with Gasteiger partial charge in [0, 0.05) is 31.4 Å². The maximum atomic E-state index is 12.4. The van der Waals surface area contributed by atoms with Gasteiger partial charge in [0.1, 0.15) is 0 Å². The first-order valence-corrected chi connectivity index (χ1v) is 12.1. The molecule has 0 bridgehead atoms. The Morgan fingerprint density at radius 3 is 2.42 bits per heavy atom. The van der Waals surface area contributed by atoms with E-state index in [1.807, 2.05) is 36.2 Å². The van der Waals surface area contributed by atoms with Crippen LogP contribution in [0, 0.1) is 0 Å². The van der Waals surface area contributed by atoms with E-state index in [1.165, 1.54) is 19.3 Å². The van der Waals surface area contributed by atoms with Crippen molar-refractivity contribution in [2.45, 2.75) is 71.4 Å². The van der Waals surface area contributed by atoms with Crippen LogP contribution in [0.25, 0.3) is 11.1 Å². The fraction of sp³-hybridized carbons (Fsp3) is 0.520. The van der Waals surface area contributed by atoms with Crippen molar-refractivity contribution in [3.8, 4) is 11.1 Å². The fourth-order valence-electron chi connectivity index (χ4n) is 3.47. The molecule has 170 valence electrons. The summed E-state index contributed by atoms with van der Waals surface area (Å²) in [6, 6.07) is 10.1. The lowest BCUT2D eigenvalue weighted by molar-refractivity contribution is -0.150. The Balaban J connectivity index is 1.88. The largest absolute Gasteiger partial charge is 0.479 e. The van der Waals surface area contributed by atoms with Crippen LogP contribution >= 0.6 is 11.3 Å². The number of unbranched alkanes of at least 4 members (excludes halogenated alkanes) is 4. The smallest absolute Gasteiger partial charge is 0.333 e. The number of carboxylic acids is 1. The lowest BCUT2D eigenvalue weighted by Crippen LogP contribution is -2.26. The van der Waals surface area contributed by atoms with Gasteiger partial charge in [-0.1, -0.05) is 56.9 Å². The first-order chi connectivity index (χ1) is 14.9. The number of rotatable bonds is 14. The van der Waals surface area contributed by atoms with Crippen molar-refractivity contribution in [3.63, 3.8) is 0 Å². The van der Waals surface area contributed by atoms with Crippen LogP contribution in [-0.2, 0) is 27.3 Å². The van der Waals surface area contributed by atoms with Gasteiger partial charge in [-0.05, 0) is 41.5 Å². The summed E-state index contributed by atoms with van der Waals surface area (Å²) in [6.07, 6.45) is 5.93. The number of carboxylic acid groups (broad SMARTS) is 1. The molecule has 0 saturated heterocycles. The Hall–Kier alpha value is -2.18. The van der Waals surface area contributed by atoms with Crippen LogP contribution in [0.3, 0.4) is 0 Å². The highest BCUT2D eigenvalue weighted by Crippen LogP contribution is 2.27. The second kappa shape index (κ2) is 13.3. The number of carbonyl (C=O) groups excluding carboxylic acids is 1. The molecule has 0 aliphatic heterocycles. The van der Waals surface area contributed by atoms with E-state index < -0.39 is 12.1 Å². The average molecular weight is 446 g/mol. The minimum absolute atomic E-state index is 0.207. The molecule has 0 saturated carbocycles. The number of thiophene rings is 1. The van der Waals surface area contributed by atoms with Crippen LogP contribution in [0.4, 0.5) is 0 Å². The molecular weight excluding hydrogens is 410 g/mol. The van der Waals surface area contributed by atoms with E-state index in [0.717, 1.165) is 34.4 Å². The predicted molar refractivity (Wildman–Crippen MR) is 126 cm³/mol. The summed E-state index contributed by atoms with van der Waals surface area (Å²) in [7, 11) is 1.87. The number of hydrogen-bond donors (Lipinski definition) is 1. The molecule has 1 atom stereocenters. The number of carbonyl (C=O) groups is 2. The van der Waals surface area contributed by atoms with Gasteiger partial charge in [-0.3, -0.25) is 4.79 Å². The number of hydrogen-bond acceptors (Lipinski definition) is 4.